The van der Waals surface area contributed by atoms with Crippen molar-refractivity contribution in [2.45, 2.75) is 0 Å². The Balaban J connectivity index is 1.32. The van der Waals surface area contributed by atoms with Crippen LogP contribution in [-0.2, 0) is 9.53 Å². The Hall–Kier alpha value is -4.90. The fraction of sp³-hybridized carbons (Fsp3) is 0.0769. The van der Waals surface area contributed by atoms with E-state index in [1.807, 2.05) is 18.2 Å². The van der Waals surface area contributed by atoms with Crippen molar-refractivity contribution in [2.75, 3.05) is 13.2 Å². The summed E-state index contributed by atoms with van der Waals surface area (Å²) in [5.41, 5.74) is 2.29. The number of aromatic nitrogens is 2. The number of rotatable bonds is 8. The van der Waals surface area contributed by atoms with Gasteiger partial charge in [0.15, 0.2) is 24.0 Å². The molecule has 0 radical (unpaired) electrons. The zero-order valence-electron chi connectivity index (χ0n) is 17.9. The summed E-state index contributed by atoms with van der Waals surface area (Å²) in [6.45, 7) is -0.918. The molecular formula is C26H19N3O5. The van der Waals surface area contributed by atoms with Gasteiger partial charge in [-0.2, -0.15) is 5.26 Å². The monoisotopic (exact) mass is 453 g/mol. The minimum atomic E-state index is -0.738. The fourth-order valence-corrected chi connectivity index (χ4v) is 3.19. The van der Waals surface area contributed by atoms with E-state index in [-0.39, 0.29) is 17.2 Å². The number of carbonyl (C=O) groups excluding carboxylic acids is 2. The van der Waals surface area contributed by atoms with Crippen molar-refractivity contribution in [2.24, 2.45) is 0 Å². The van der Waals surface area contributed by atoms with Gasteiger partial charge in [0.05, 0.1) is 11.0 Å². The predicted molar refractivity (Wildman–Crippen MR) is 124 cm³/mol. The average molecular weight is 453 g/mol. The van der Waals surface area contributed by atoms with E-state index in [1.165, 1.54) is 0 Å². The van der Waals surface area contributed by atoms with Gasteiger partial charge in [-0.05, 0) is 36.4 Å². The minimum absolute atomic E-state index is 0.119. The van der Waals surface area contributed by atoms with E-state index >= 15 is 0 Å². The van der Waals surface area contributed by atoms with Crippen LogP contribution >= 0.6 is 0 Å². The molecule has 0 bridgehead atoms. The molecule has 4 aromatic rings. The van der Waals surface area contributed by atoms with Gasteiger partial charge in [0.1, 0.15) is 24.0 Å². The van der Waals surface area contributed by atoms with Gasteiger partial charge in [-0.1, -0.05) is 42.5 Å². The standard InChI is InChI=1S/C26H19N3O5/c27-14-20(26-28-21-8-4-5-9-22(21)29-26)23(30)15-34-24(31)16-33-19-12-10-18(11-13-19)25(32)17-6-2-1-3-7-17/h1-13,30H,15-16H2,(H,28,29)/b23-20-. The topological polar surface area (TPSA) is 125 Å². The second-order valence-electron chi connectivity index (χ2n) is 7.20. The summed E-state index contributed by atoms with van der Waals surface area (Å²) in [6.07, 6.45) is 0. The number of nitrogens with zero attached hydrogens (tertiary/aromatic N) is 2. The molecule has 0 aliphatic rings. The number of H-pyrrole nitrogens is 1. The van der Waals surface area contributed by atoms with E-state index in [1.54, 1.807) is 66.7 Å². The number of nitrogens with one attached hydrogen (secondary N) is 1. The maximum Gasteiger partial charge on any atom is 0.344 e. The van der Waals surface area contributed by atoms with Crippen LogP contribution in [0.1, 0.15) is 21.7 Å². The normalized spacial score (nSPS) is 11.4. The lowest BCUT2D eigenvalue weighted by atomic mass is 10.0. The van der Waals surface area contributed by atoms with Gasteiger partial charge in [0.25, 0.3) is 0 Å². The zero-order valence-corrected chi connectivity index (χ0v) is 17.9. The maximum absolute atomic E-state index is 12.4. The number of carbonyl (C=O) groups is 2. The van der Waals surface area contributed by atoms with Crippen molar-refractivity contribution >= 4 is 28.4 Å². The smallest absolute Gasteiger partial charge is 0.344 e. The molecule has 0 amide bonds. The van der Waals surface area contributed by atoms with Crippen molar-refractivity contribution < 1.29 is 24.2 Å². The third-order valence-corrected chi connectivity index (χ3v) is 4.91. The molecule has 2 N–H and O–H groups in total. The van der Waals surface area contributed by atoms with Crippen molar-refractivity contribution in [3.63, 3.8) is 0 Å². The molecule has 8 heteroatoms. The highest BCUT2D eigenvalue weighted by molar-refractivity contribution is 6.09. The number of aromatic amines is 1. The molecule has 4 rings (SSSR count). The molecule has 0 unspecified atom stereocenters. The van der Waals surface area contributed by atoms with Gasteiger partial charge in [0, 0.05) is 11.1 Å². The number of esters is 1. The largest absolute Gasteiger partial charge is 0.507 e. The number of fused-ring (bicyclic) bond motifs is 1. The van der Waals surface area contributed by atoms with E-state index in [0.29, 0.717) is 27.9 Å². The number of hydrogen-bond donors (Lipinski definition) is 2. The van der Waals surface area contributed by atoms with Crippen LogP contribution in [0.2, 0.25) is 0 Å². The molecule has 0 atom stereocenters. The van der Waals surface area contributed by atoms with Crippen LogP contribution in [-0.4, -0.2) is 40.0 Å². The van der Waals surface area contributed by atoms with Crippen LogP contribution < -0.4 is 4.74 Å². The molecule has 0 saturated carbocycles. The number of ketones is 1. The average Bonchev–Trinajstić information content (AvgIpc) is 3.31. The molecule has 0 spiro atoms. The van der Waals surface area contributed by atoms with Crippen molar-refractivity contribution in [3.05, 3.63) is 102 Å². The molecule has 0 fully saturated rings. The summed E-state index contributed by atoms with van der Waals surface area (Å²) in [5.74, 6) is -0.733. The predicted octanol–water partition coefficient (Wildman–Crippen LogP) is 4.21. The Bertz CT molecular complexity index is 1370. The highest BCUT2D eigenvalue weighted by Crippen LogP contribution is 2.19. The molecule has 3 aromatic carbocycles. The number of benzene rings is 3. The van der Waals surface area contributed by atoms with Gasteiger partial charge >= 0.3 is 5.97 Å². The lowest BCUT2D eigenvalue weighted by Gasteiger charge is -2.08. The summed E-state index contributed by atoms with van der Waals surface area (Å²) < 4.78 is 10.4. The molecule has 8 nitrogen and oxygen atoms in total. The molecule has 1 heterocycles. The number of nitriles is 1. The summed E-state index contributed by atoms with van der Waals surface area (Å²) in [7, 11) is 0. The molecule has 168 valence electrons. The molecule has 1 aromatic heterocycles. The van der Waals surface area contributed by atoms with E-state index in [2.05, 4.69) is 9.97 Å². The van der Waals surface area contributed by atoms with Gasteiger partial charge in [-0.25, -0.2) is 9.78 Å². The Morgan fingerprint density at radius 1 is 0.912 bits per heavy atom. The van der Waals surface area contributed by atoms with Gasteiger partial charge in [-0.3, -0.25) is 4.79 Å². The first-order chi connectivity index (χ1) is 16.5. The highest BCUT2D eigenvalue weighted by atomic mass is 16.6. The molecule has 34 heavy (non-hydrogen) atoms. The number of aliphatic hydroxyl groups excluding tert-OH is 1. The number of ether oxygens (including phenoxy) is 2. The quantitative estimate of drug-likeness (QED) is 0.177. The van der Waals surface area contributed by atoms with E-state index in [9.17, 15) is 20.0 Å². The van der Waals surface area contributed by atoms with Crippen molar-refractivity contribution in [1.29, 1.82) is 5.26 Å². The van der Waals surface area contributed by atoms with Crippen LogP contribution in [0.15, 0.2) is 84.6 Å². The Morgan fingerprint density at radius 2 is 1.59 bits per heavy atom. The lowest BCUT2D eigenvalue weighted by Crippen LogP contribution is -2.16. The second-order valence-corrected chi connectivity index (χ2v) is 7.20. The first-order valence-corrected chi connectivity index (χ1v) is 10.3. The molecule has 0 aliphatic heterocycles. The highest BCUT2D eigenvalue weighted by Gasteiger charge is 2.15. The number of imidazole rings is 1. The summed E-state index contributed by atoms with van der Waals surface area (Å²) in [5, 5.41) is 19.7. The third kappa shape index (κ3) is 5.11. The van der Waals surface area contributed by atoms with Crippen LogP contribution in [0, 0.1) is 11.3 Å². The van der Waals surface area contributed by atoms with Crippen LogP contribution in [0.4, 0.5) is 0 Å². The zero-order chi connectivity index (χ0) is 23.9. The summed E-state index contributed by atoms with van der Waals surface area (Å²) in [6, 6.07) is 24.3. The van der Waals surface area contributed by atoms with Crippen molar-refractivity contribution in [3.8, 4) is 11.8 Å². The Morgan fingerprint density at radius 3 is 2.29 bits per heavy atom. The van der Waals surface area contributed by atoms with Gasteiger partial charge in [0.2, 0.25) is 0 Å². The summed E-state index contributed by atoms with van der Waals surface area (Å²) in [4.78, 5) is 31.7. The molecule has 0 saturated heterocycles. The number of allylic oxidation sites excluding steroid dienone is 1. The van der Waals surface area contributed by atoms with Crippen LogP contribution in [0.3, 0.4) is 0 Å². The molecular weight excluding hydrogens is 434 g/mol. The Kier molecular flexibility index (Phi) is 6.65. The first kappa shape index (κ1) is 22.3. The minimum Gasteiger partial charge on any atom is -0.507 e. The fourth-order valence-electron chi connectivity index (χ4n) is 3.19. The number of para-hydroxylation sites is 2. The second kappa shape index (κ2) is 10.1. The van der Waals surface area contributed by atoms with Crippen LogP contribution in [0.25, 0.3) is 16.6 Å². The number of aliphatic hydroxyl groups is 1. The third-order valence-electron chi connectivity index (χ3n) is 4.91. The number of hydrogen-bond acceptors (Lipinski definition) is 7. The summed E-state index contributed by atoms with van der Waals surface area (Å²) >= 11 is 0. The van der Waals surface area contributed by atoms with Crippen LogP contribution in [0.5, 0.6) is 5.75 Å². The van der Waals surface area contributed by atoms with E-state index in [0.717, 1.165) is 0 Å². The van der Waals surface area contributed by atoms with Gasteiger partial charge < -0.3 is 19.6 Å². The molecule has 0 aliphatic carbocycles. The van der Waals surface area contributed by atoms with Gasteiger partial charge in [-0.15, -0.1) is 0 Å². The Labute approximate surface area is 194 Å². The maximum atomic E-state index is 12.4. The van der Waals surface area contributed by atoms with Crippen molar-refractivity contribution in [1.82, 2.24) is 9.97 Å². The van der Waals surface area contributed by atoms with E-state index < -0.39 is 24.9 Å². The first-order valence-electron chi connectivity index (χ1n) is 10.3. The SMILES string of the molecule is N#C/C(=C(/O)COC(=O)COc1ccc(C(=O)c2ccccc2)cc1)c1nc2ccccc2[nH]1. The van der Waals surface area contributed by atoms with E-state index in [4.69, 9.17) is 9.47 Å². The lowest BCUT2D eigenvalue weighted by molar-refractivity contribution is -0.145.